The Labute approximate surface area is 193 Å². The fourth-order valence-electron chi connectivity index (χ4n) is 3.88. The highest BCUT2D eigenvalue weighted by molar-refractivity contribution is 6.56. The highest BCUT2D eigenvalue weighted by Crippen LogP contribution is 2.38. The first kappa shape index (κ1) is 24.8. The van der Waals surface area contributed by atoms with Crippen molar-refractivity contribution in [1.82, 2.24) is 10.2 Å². The normalized spacial score (nSPS) is 21.1. The summed E-state index contributed by atoms with van der Waals surface area (Å²) >= 11 is 0. The molecule has 7 heteroatoms. The molecule has 0 radical (unpaired) electrons. The van der Waals surface area contributed by atoms with Gasteiger partial charge in [0, 0.05) is 13.1 Å². The van der Waals surface area contributed by atoms with Gasteiger partial charge in [0.2, 0.25) is 0 Å². The molecule has 2 saturated heterocycles. The summed E-state index contributed by atoms with van der Waals surface area (Å²) < 4.78 is 18.0. The third-order valence-electron chi connectivity index (χ3n) is 6.30. The van der Waals surface area contributed by atoms with Crippen molar-refractivity contribution < 1.29 is 18.8 Å². The van der Waals surface area contributed by atoms with Crippen LogP contribution in [0.15, 0.2) is 29.7 Å². The summed E-state index contributed by atoms with van der Waals surface area (Å²) in [4.78, 5) is 14.8. The maximum absolute atomic E-state index is 12.3. The van der Waals surface area contributed by atoms with Gasteiger partial charge in [-0.3, -0.25) is 4.90 Å². The van der Waals surface area contributed by atoms with E-state index in [9.17, 15) is 4.79 Å². The number of nitrogens with one attached hydrogen (secondary N) is 1. The third kappa shape index (κ3) is 6.59. The Hall–Kier alpha value is -1.83. The first-order valence-electron chi connectivity index (χ1n) is 11.7. The topological polar surface area (TPSA) is 60.0 Å². The van der Waals surface area contributed by atoms with Crippen LogP contribution in [-0.4, -0.2) is 54.5 Å². The second kappa shape index (κ2) is 9.58. The summed E-state index contributed by atoms with van der Waals surface area (Å²) in [6, 6.07) is 8.53. The largest absolute Gasteiger partial charge is 0.492 e. The Morgan fingerprint density at radius 3 is 2.38 bits per heavy atom. The number of hydrogen-bond acceptors (Lipinski definition) is 5. The fraction of sp³-hybridized carbons (Fsp3) is 0.640. The zero-order valence-electron chi connectivity index (χ0n) is 20.8. The highest BCUT2D eigenvalue weighted by atomic mass is 16.7. The number of carbonyl (C=O) groups is 1. The van der Waals surface area contributed by atoms with Crippen LogP contribution in [-0.2, 0) is 20.6 Å². The Kier molecular flexibility index (Phi) is 7.43. The number of amides is 1. The molecule has 0 atom stereocenters. The van der Waals surface area contributed by atoms with E-state index in [4.69, 9.17) is 14.0 Å². The number of carbonyl (C=O) groups excluding carboxylic acids is 1. The smallest absolute Gasteiger partial charge is 0.444 e. The molecule has 1 amide bonds. The van der Waals surface area contributed by atoms with Crippen molar-refractivity contribution >= 4 is 19.3 Å². The van der Waals surface area contributed by atoms with Crippen LogP contribution in [0.4, 0.5) is 4.79 Å². The van der Waals surface area contributed by atoms with Crippen LogP contribution in [0.1, 0.15) is 72.4 Å². The summed E-state index contributed by atoms with van der Waals surface area (Å²) in [6.45, 7) is 17.2. The summed E-state index contributed by atoms with van der Waals surface area (Å²) in [5, 5.41) is 2.87. The molecule has 3 rings (SSSR count). The molecule has 6 nitrogen and oxygen atoms in total. The molecule has 2 fully saturated rings. The van der Waals surface area contributed by atoms with E-state index in [0.29, 0.717) is 0 Å². The quantitative estimate of drug-likeness (QED) is 0.640. The Balaban J connectivity index is 1.80. The van der Waals surface area contributed by atoms with Gasteiger partial charge in [-0.25, -0.2) is 4.79 Å². The monoisotopic (exact) mass is 442 g/mol. The standard InChI is InChI=1S/C25H39BN2O4/c1-23(2,3)30-22(29)27-17-21(26-31-24(4,5)25(6,7)32-26)16-19-11-10-12-20(15-19)18-28-13-8-9-14-28/h10-12,15-16H,8-9,13-14,17-18H2,1-7H3,(H,27,29). The maximum atomic E-state index is 12.3. The number of ether oxygens (including phenoxy) is 1. The number of alkyl carbamates (subject to hydrolysis) is 1. The first-order valence-corrected chi connectivity index (χ1v) is 11.7. The van der Waals surface area contributed by atoms with Crippen LogP contribution in [0.25, 0.3) is 6.08 Å². The molecule has 2 aliphatic heterocycles. The summed E-state index contributed by atoms with van der Waals surface area (Å²) in [7, 11) is -0.544. The first-order chi connectivity index (χ1) is 14.8. The van der Waals surface area contributed by atoms with Gasteiger partial charge in [0.05, 0.1) is 11.2 Å². The van der Waals surface area contributed by atoms with Crippen molar-refractivity contribution in [2.24, 2.45) is 0 Å². The van der Waals surface area contributed by atoms with Crippen molar-refractivity contribution in [3.63, 3.8) is 0 Å². The Bertz CT molecular complexity index is 823. The lowest BCUT2D eigenvalue weighted by atomic mass is 9.77. The molecule has 0 saturated carbocycles. The predicted molar refractivity (Wildman–Crippen MR) is 129 cm³/mol. The van der Waals surface area contributed by atoms with Crippen molar-refractivity contribution in [1.29, 1.82) is 0 Å². The number of hydrogen-bond donors (Lipinski definition) is 1. The number of rotatable bonds is 6. The number of benzene rings is 1. The van der Waals surface area contributed by atoms with Gasteiger partial charge in [0.15, 0.2) is 0 Å². The van der Waals surface area contributed by atoms with E-state index < -0.39 is 30.0 Å². The van der Waals surface area contributed by atoms with Gasteiger partial charge in [-0.1, -0.05) is 30.3 Å². The van der Waals surface area contributed by atoms with Gasteiger partial charge >= 0.3 is 13.2 Å². The van der Waals surface area contributed by atoms with Crippen LogP contribution in [0.3, 0.4) is 0 Å². The van der Waals surface area contributed by atoms with E-state index in [1.54, 1.807) is 0 Å². The second-order valence-electron chi connectivity index (χ2n) is 10.9. The third-order valence-corrected chi connectivity index (χ3v) is 6.30. The SMILES string of the molecule is CC(C)(C)OC(=O)NCC(=Cc1cccc(CN2CCCC2)c1)B1OC(C)(C)C(C)(C)O1. The minimum absolute atomic E-state index is 0.280. The van der Waals surface area contributed by atoms with Gasteiger partial charge in [0.1, 0.15) is 5.60 Å². The molecule has 1 N–H and O–H groups in total. The molecule has 0 bridgehead atoms. The molecule has 32 heavy (non-hydrogen) atoms. The molecule has 0 aliphatic carbocycles. The van der Waals surface area contributed by atoms with Gasteiger partial charge in [0.25, 0.3) is 0 Å². The van der Waals surface area contributed by atoms with E-state index in [0.717, 1.165) is 17.6 Å². The molecule has 2 aliphatic rings. The van der Waals surface area contributed by atoms with E-state index in [1.807, 2.05) is 48.5 Å². The van der Waals surface area contributed by atoms with E-state index >= 15 is 0 Å². The van der Waals surface area contributed by atoms with Crippen LogP contribution in [0, 0.1) is 0 Å². The molecule has 0 spiro atoms. The molecule has 2 heterocycles. The highest BCUT2D eigenvalue weighted by Gasteiger charge is 2.52. The molecular formula is C25H39BN2O4. The Morgan fingerprint density at radius 2 is 1.78 bits per heavy atom. The van der Waals surface area contributed by atoms with Crippen molar-refractivity contribution in [3.05, 3.63) is 40.9 Å². The van der Waals surface area contributed by atoms with Crippen LogP contribution >= 0.6 is 0 Å². The van der Waals surface area contributed by atoms with Crippen LogP contribution in [0.2, 0.25) is 0 Å². The average Bonchev–Trinajstić information content (AvgIpc) is 3.23. The van der Waals surface area contributed by atoms with Crippen molar-refractivity contribution in [2.45, 2.75) is 84.7 Å². The predicted octanol–water partition coefficient (Wildman–Crippen LogP) is 4.82. The van der Waals surface area contributed by atoms with Crippen molar-refractivity contribution in [3.8, 4) is 0 Å². The molecule has 0 unspecified atom stereocenters. The van der Waals surface area contributed by atoms with E-state index in [2.05, 4.69) is 40.6 Å². The molecule has 1 aromatic rings. The molecular weight excluding hydrogens is 403 g/mol. The number of nitrogens with zero attached hydrogens (tertiary/aromatic N) is 1. The van der Waals surface area contributed by atoms with E-state index in [-0.39, 0.29) is 6.54 Å². The van der Waals surface area contributed by atoms with E-state index in [1.165, 1.54) is 31.5 Å². The van der Waals surface area contributed by atoms with Gasteiger partial charge in [-0.15, -0.1) is 0 Å². The lowest BCUT2D eigenvalue weighted by Crippen LogP contribution is -2.41. The lowest BCUT2D eigenvalue weighted by Gasteiger charge is -2.32. The van der Waals surface area contributed by atoms with Gasteiger partial charge in [-0.2, -0.15) is 0 Å². The van der Waals surface area contributed by atoms with Gasteiger partial charge in [-0.05, 0) is 91.0 Å². The molecule has 0 aromatic heterocycles. The van der Waals surface area contributed by atoms with Crippen molar-refractivity contribution in [2.75, 3.05) is 19.6 Å². The second-order valence-corrected chi connectivity index (χ2v) is 10.9. The minimum atomic E-state index is -0.553. The maximum Gasteiger partial charge on any atom is 0.492 e. The fourth-order valence-corrected chi connectivity index (χ4v) is 3.88. The molecule has 176 valence electrons. The average molecular weight is 442 g/mol. The summed E-state index contributed by atoms with van der Waals surface area (Å²) in [5.74, 6) is 0. The zero-order chi connectivity index (χ0) is 23.6. The van der Waals surface area contributed by atoms with Crippen LogP contribution < -0.4 is 5.32 Å². The molecule has 1 aromatic carbocycles. The summed E-state index contributed by atoms with van der Waals surface area (Å²) in [6.07, 6.45) is 4.17. The number of likely N-dealkylation sites (tertiary alicyclic amines) is 1. The van der Waals surface area contributed by atoms with Gasteiger partial charge < -0.3 is 19.4 Å². The summed E-state index contributed by atoms with van der Waals surface area (Å²) in [5.41, 5.74) is 1.74. The lowest BCUT2D eigenvalue weighted by molar-refractivity contribution is 0.00578. The Morgan fingerprint density at radius 1 is 1.16 bits per heavy atom. The zero-order valence-corrected chi connectivity index (χ0v) is 20.8. The minimum Gasteiger partial charge on any atom is -0.444 e. The van der Waals surface area contributed by atoms with Crippen LogP contribution in [0.5, 0.6) is 0 Å².